The lowest BCUT2D eigenvalue weighted by molar-refractivity contribution is -0.145. The van der Waals surface area contributed by atoms with Gasteiger partial charge in [0.25, 0.3) is 0 Å². The van der Waals surface area contributed by atoms with Gasteiger partial charge in [-0.3, -0.25) is 47.9 Å². The molecule has 23 heteroatoms. The Morgan fingerprint density at radius 1 is 0.478 bits per heavy atom. The van der Waals surface area contributed by atoms with Crippen molar-refractivity contribution in [2.24, 2.45) is 29.4 Å². The van der Waals surface area contributed by atoms with Crippen molar-refractivity contribution >= 4 is 65.2 Å². The highest BCUT2D eigenvalue weighted by molar-refractivity contribution is 5.98. The molecule has 0 bridgehead atoms. The number of carbonyl (C=O) groups is 11. The van der Waals surface area contributed by atoms with Crippen LogP contribution >= 0.6 is 0 Å². The van der Waals surface area contributed by atoms with Crippen LogP contribution in [0.4, 0.5) is 0 Å². The van der Waals surface area contributed by atoms with Gasteiger partial charge in [-0.1, -0.05) is 92.1 Å². The molecular weight excluding hydrogens is 881 g/mol. The molecule has 67 heavy (non-hydrogen) atoms. The average molecular weight is 949 g/mol. The first kappa shape index (κ1) is 58.4. The van der Waals surface area contributed by atoms with Crippen molar-refractivity contribution in [3.8, 4) is 0 Å². The van der Waals surface area contributed by atoms with Crippen LogP contribution in [0.15, 0.2) is 30.3 Å². The zero-order chi connectivity index (χ0) is 51.3. The van der Waals surface area contributed by atoms with E-state index in [0.717, 1.165) is 0 Å². The highest BCUT2D eigenvalue weighted by atomic mass is 16.4. The predicted molar refractivity (Wildman–Crippen MR) is 239 cm³/mol. The third-order valence-corrected chi connectivity index (χ3v) is 10.8. The Morgan fingerprint density at radius 2 is 0.851 bits per heavy atom. The maximum absolute atomic E-state index is 14.1. The first-order valence-electron chi connectivity index (χ1n) is 22.0. The number of aliphatic carboxylic acids is 4. The van der Waals surface area contributed by atoms with Crippen LogP contribution in [0.1, 0.15) is 99.5 Å². The Balaban J connectivity index is 3.49. The minimum absolute atomic E-state index is 0.194. The molecule has 1 aromatic carbocycles. The number of carboxylic acids is 4. The summed E-state index contributed by atoms with van der Waals surface area (Å²) in [7, 11) is 0. The number of amides is 7. The monoisotopic (exact) mass is 948 g/mol. The van der Waals surface area contributed by atoms with Crippen molar-refractivity contribution < 1.29 is 73.2 Å². The van der Waals surface area contributed by atoms with Crippen LogP contribution in [0.2, 0.25) is 0 Å². The van der Waals surface area contributed by atoms with Crippen LogP contribution in [-0.2, 0) is 59.2 Å². The normalized spacial score (nSPS) is 15.2. The first-order chi connectivity index (χ1) is 31.2. The molecule has 0 saturated carbocycles. The van der Waals surface area contributed by atoms with E-state index in [1.165, 1.54) is 41.5 Å². The fourth-order valence-electron chi connectivity index (χ4n) is 6.44. The summed E-state index contributed by atoms with van der Waals surface area (Å²) in [5.41, 5.74) is 6.58. The van der Waals surface area contributed by atoms with E-state index in [9.17, 15) is 73.2 Å². The minimum Gasteiger partial charge on any atom is -0.481 e. The van der Waals surface area contributed by atoms with Crippen molar-refractivity contribution in [1.82, 2.24) is 37.2 Å². The molecule has 9 atom stereocenters. The van der Waals surface area contributed by atoms with Crippen LogP contribution < -0.4 is 43.0 Å². The number of nitrogens with one attached hydrogen (secondary N) is 7. The van der Waals surface area contributed by atoms with E-state index >= 15 is 0 Å². The van der Waals surface area contributed by atoms with E-state index in [2.05, 4.69) is 37.2 Å². The van der Waals surface area contributed by atoms with E-state index in [4.69, 9.17) is 5.73 Å². The molecule has 7 amide bonds. The van der Waals surface area contributed by atoms with Gasteiger partial charge < -0.3 is 63.4 Å². The lowest BCUT2D eigenvalue weighted by Crippen LogP contribution is -2.62. The zero-order valence-corrected chi connectivity index (χ0v) is 39.1. The molecule has 0 heterocycles. The number of carboxylic acid groups (broad SMARTS) is 4. The Morgan fingerprint density at radius 3 is 1.28 bits per heavy atom. The molecule has 0 aromatic heterocycles. The third kappa shape index (κ3) is 20.6. The third-order valence-electron chi connectivity index (χ3n) is 10.8. The molecule has 23 nitrogen and oxygen atoms in total. The molecule has 0 aliphatic heterocycles. The van der Waals surface area contributed by atoms with E-state index < -0.39 is 157 Å². The number of hydrogen-bond acceptors (Lipinski definition) is 12. The fourth-order valence-corrected chi connectivity index (χ4v) is 6.44. The van der Waals surface area contributed by atoms with E-state index in [-0.39, 0.29) is 18.8 Å². The van der Waals surface area contributed by atoms with Gasteiger partial charge in [-0.15, -0.1) is 0 Å². The van der Waals surface area contributed by atoms with Crippen LogP contribution in [0, 0.1) is 23.7 Å². The van der Waals surface area contributed by atoms with Crippen LogP contribution in [-0.4, -0.2) is 134 Å². The number of hydrogen-bond donors (Lipinski definition) is 12. The first-order valence-corrected chi connectivity index (χ1v) is 22.0. The Bertz CT molecular complexity index is 1910. The van der Waals surface area contributed by atoms with Gasteiger partial charge in [-0.25, -0.2) is 4.79 Å². The summed E-state index contributed by atoms with van der Waals surface area (Å²) in [4.78, 5) is 142. The lowest BCUT2D eigenvalue weighted by Gasteiger charge is -2.30. The molecule has 1 aromatic rings. The molecule has 374 valence electrons. The summed E-state index contributed by atoms with van der Waals surface area (Å²) in [6.07, 6.45) is -2.72. The van der Waals surface area contributed by atoms with Crippen LogP contribution in [0.25, 0.3) is 0 Å². The second-order valence-electron chi connectivity index (χ2n) is 17.3. The molecule has 0 unspecified atom stereocenters. The van der Waals surface area contributed by atoms with E-state index in [1.807, 2.05) is 0 Å². The predicted octanol–water partition coefficient (Wildman–Crippen LogP) is -0.747. The fraction of sp³-hybridized carbons (Fsp3) is 0.614. The SMILES string of the molecule is CC[C@H](C)[C@H](N)C(=O)N[C@@H](CCC(=O)O)C(=O)N[C@@H](Cc1ccccc1)C(=O)N[C@@H](CCC(=O)O)C(=O)N[C@H](C(=O)N[C@H](C(=O)N[C@@H](CC(=O)O)C(=O)N[C@H](C(=O)O)C(C)C)C(C)C)C(C)C. The van der Waals surface area contributed by atoms with Gasteiger partial charge in [0.05, 0.1) is 12.5 Å². The zero-order valence-electron chi connectivity index (χ0n) is 39.1. The maximum Gasteiger partial charge on any atom is 0.326 e. The highest BCUT2D eigenvalue weighted by Gasteiger charge is 2.37. The van der Waals surface area contributed by atoms with Gasteiger partial charge in [0, 0.05) is 19.3 Å². The molecule has 0 aliphatic carbocycles. The van der Waals surface area contributed by atoms with Crippen molar-refractivity contribution in [2.45, 2.75) is 149 Å². The second-order valence-corrected chi connectivity index (χ2v) is 17.3. The summed E-state index contributed by atoms with van der Waals surface area (Å²) in [6.45, 7) is 12.6. The average Bonchev–Trinajstić information content (AvgIpc) is 3.24. The maximum atomic E-state index is 14.1. The quantitative estimate of drug-likeness (QED) is 0.0452. The molecular formula is C44H68N8O15. The van der Waals surface area contributed by atoms with Gasteiger partial charge in [0.2, 0.25) is 41.4 Å². The smallest absolute Gasteiger partial charge is 0.326 e. The molecule has 0 aliphatic rings. The van der Waals surface area contributed by atoms with Crippen molar-refractivity contribution in [2.75, 3.05) is 0 Å². The van der Waals surface area contributed by atoms with Crippen LogP contribution in [0.3, 0.4) is 0 Å². The summed E-state index contributed by atoms with van der Waals surface area (Å²) in [6, 6.07) is -3.47. The number of nitrogens with two attached hydrogens (primary N) is 1. The summed E-state index contributed by atoms with van der Waals surface area (Å²) < 4.78 is 0. The topological polar surface area (TPSA) is 379 Å². The minimum atomic E-state index is -1.76. The van der Waals surface area contributed by atoms with Gasteiger partial charge >= 0.3 is 23.9 Å². The second kappa shape index (κ2) is 28.4. The van der Waals surface area contributed by atoms with Crippen molar-refractivity contribution in [3.05, 3.63) is 35.9 Å². The van der Waals surface area contributed by atoms with Gasteiger partial charge in [-0.2, -0.15) is 0 Å². The Hall–Kier alpha value is -6.65. The van der Waals surface area contributed by atoms with E-state index in [0.29, 0.717) is 12.0 Å². The summed E-state index contributed by atoms with van der Waals surface area (Å²) >= 11 is 0. The van der Waals surface area contributed by atoms with Crippen molar-refractivity contribution in [3.63, 3.8) is 0 Å². The van der Waals surface area contributed by atoms with Crippen LogP contribution in [0.5, 0.6) is 0 Å². The molecule has 0 fully saturated rings. The Labute approximate surface area is 388 Å². The highest BCUT2D eigenvalue weighted by Crippen LogP contribution is 2.13. The molecule has 13 N–H and O–H groups in total. The molecule has 1 rings (SSSR count). The van der Waals surface area contributed by atoms with E-state index in [1.54, 1.807) is 44.2 Å². The van der Waals surface area contributed by atoms with Gasteiger partial charge in [0.1, 0.15) is 42.3 Å². The number of rotatable bonds is 30. The lowest BCUT2D eigenvalue weighted by atomic mass is 9.98. The van der Waals surface area contributed by atoms with Gasteiger partial charge in [-0.05, 0) is 42.1 Å². The molecule has 0 radical (unpaired) electrons. The molecule has 0 spiro atoms. The van der Waals surface area contributed by atoms with Crippen molar-refractivity contribution in [1.29, 1.82) is 0 Å². The summed E-state index contributed by atoms with van der Waals surface area (Å²) in [5.74, 6) is -14.7. The number of benzene rings is 1. The Kier molecular flexibility index (Phi) is 24.7. The standard InChI is InChI=1S/C44H68N8O15/c1-9-24(8)33(45)41(63)47-26(15-17-30(53)54)37(59)48-28(19-25-13-11-10-12-14-25)39(61)46-27(16-18-31(55)56)38(60)50-35(22(4)5)43(65)51-34(21(2)3)42(64)49-29(20-32(57)58)40(62)52-36(23(6)7)44(66)67/h10-14,21-24,26-29,33-36H,9,15-20,45H2,1-8H3,(H,46,61)(H,47,63)(H,48,59)(H,49,64)(H,50,60)(H,51,65)(H,52,62)(H,53,54)(H,55,56)(H,57,58)(H,66,67)/t24-,26-,27-,28-,29-,33-,34-,35-,36-/m0/s1. The number of carbonyl (C=O) groups excluding carboxylic acids is 7. The van der Waals surface area contributed by atoms with Gasteiger partial charge in [0.15, 0.2) is 0 Å². The molecule has 0 saturated heterocycles. The summed E-state index contributed by atoms with van der Waals surface area (Å²) in [5, 5.41) is 54.8. The largest absolute Gasteiger partial charge is 0.481 e.